The lowest BCUT2D eigenvalue weighted by atomic mass is 10.1. The van der Waals surface area contributed by atoms with E-state index < -0.39 is 6.10 Å². The first kappa shape index (κ1) is 12.3. The van der Waals surface area contributed by atoms with Crippen molar-refractivity contribution in [3.63, 3.8) is 0 Å². The van der Waals surface area contributed by atoms with Crippen LogP contribution in [0.3, 0.4) is 0 Å². The molecule has 0 aliphatic carbocycles. The number of hydrogen-bond donors (Lipinski definition) is 2. The number of aliphatic hydroxyl groups is 1. The largest absolute Gasteiger partial charge is 0.378 e. The van der Waals surface area contributed by atoms with Gasteiger partial charge in [-0.15, -0.1) is 0 Å². The Morgan fingerprint density at radius 2 is 1.61 bits per heavy atom. The predicted octanol–water partition coefficient (Wildman–Crippen LogP) is 2.50. The van der Waals surface area contributed by atoms with Crippen molar-refractivity contribution in [1.82, 2.24) is 0 Å². The minimum absolute atomic E-state index is 0.178. The molecule has 4 heteroatoms. The van der Waals surface area contributed by atoms with Crippen molar-refractivity contribution in [2.24, 2.45) is 0 Å². The number of carbonyl (C=O) groups excluding carboxylic acids is 1. The van der Waals surface area contributed by atoms with Crippen molar-refractivity contribution >= 4 is 11.6 Å². The molecule has 1 unspecified atom stereocenters. The van der Waals surface area contributed by atoms with Crippen molar-refractivity contribution in [3.05, 3.63) is 66.0 Å². The topological polar surface area (TPSA) is 49.3 Å². The summed E-state index contributed by atoms with van der Waals surface area (Å²) in [6.07, 6.45) is -0.980. The number of nitrogens with one attached hydrogen (secondary N) is 1. The summed E-state index contributed by atoms with van der Waals surface area (Å²) < 4.78 is 11.9. The molecule has 0 saturated heterocycles. The first-order valence-electron chi connectivity index (χ1n) is 5.47. The molecule has 1 amide bonds. The molecule has 3 nitrogen and oxygen atoms in total. The predicted molar refractivity (Wildman–Crippen MR) is 66.4 cm³/mol. The fourth-order valence-electron chi connectivity index (χ4n) is 1.61. The first-order chi connectivity index (χ1) is 8.68. The Kier molecular flexibility index (Phi) is 3.69. The summed E-state index contributed by atoms with van der Waals surface area (Å²) in [6.45, 7) is 0. The lowest BCUT2D eigenvalue weighted by Gasteiger charge is -1.96. The highest BCUT2D eigenvalue weighted by Crippen LogP contribution is 2.29. The molecular weight excluding hydrogens is 233 g/mol. The molecule has 2 aromatic carbocycles. The summed E-state index contributed by atoms with van der Waals surface area (Å²) in [7, 11) is 0. The minimum Gasteiger partial charge on any atom is -0.378 e. The molecule has 1 atom stereocenters. The van der Waals surface area contributed by atoms with Crippen LogP contribution >= 0.6 is 0 Å². The van der Waals surface area contributed by atoms with Gasteiger partial charge in [-0.1, -0.05) is 36.4 Å². The van der Waals surface area contributed by atoms with E-state index >= 15 is 0 Å². The van der Waals surface area contributed by atoms with Crippen molar-refractivity contribution in [3.8, 4) is 0 Å². The molecule has 2 aromatic rings. The number of anilines is 1. The van der Waals surface area contributed by atoms with Crippen LogP contribution in [0.5, 0.6) is 0 Å². The quantitative estimate of drug-likeness (QED) is 0.749. The summed E-state index contributed by atoms with van der Waals surface area (Å²) in [5, 5.41) is 11.8. The fraction of sp³-hybridized carbons (Fsp3) is 0.0714. The molecule has 0 fully saturated rings. The Morgan fingerprint density at radius 3 is 2.17 bits per heavy atom. The summed E-state index contributed by atoms with van der Waals surface area (Å²) in [4.78, 5) is 10.9. The van der Waals surface area contributed by atoms with Crippen LogP contribution in [0.1, 0.15) is 11.7 Å². The van der Waals surface area contributed by atoms with Gasteiger partial charge < -0.3 is 10.4 Å². The van der Waals surface area contributed by atoms with Gasteiger partial charge in [-0.2, -0.15) is 0 Å². The molecule has 0 spiro atoms. The highest BCUT2D eigenvalue weighted by Gasteiger charge is 2.27. The Hall–Kier alpha value is -2.20. The molecule has 3 rings (SSSR count). The van der Waals surface area contributed by atoms with Crippen molar-refractivity contribution in [2.45, 2.75) is 6.10 Å². The standard InChI is InChI=1S/C8H7NO2.C6H5F/c10-7-5-3-1-2-4-6(5)9-8(7)11;7-6-4-2-1-3-5-6/h1-4,7,10H,(H,9,11);1-5H. The molecule has 2 N–H and O–H groups in total. The van der Waals surface area contributed by atoms with E-state index in [4.69, 9.17) is 0 Å². The van der Waals surface area contributed by atoms with Gasteiger partial charge in [-0.25, -0.2) is 4.39 Å². The van der Waals surface area contributed by atoms with Gasteiger partial charge in [0.1, 0.15) is 5.82 Å². The van der Waals surface area contributed by atoms with Crippen LogP contribution in [-0.2, 0) is 4.79 Å². The van der Waals surface area contributed by atoms with Gasteiger partial charge in [-0.05, 0) is 18.2 Å². The van der Waals surface area contributed by atoms with Crippen LogP contribution in [0.4, 0.5) is 10.1 Å². The molecule has 1 heterocycles. The van der Waals surface area contributed by atoms with E-state index in [-0.39, 0.29) is 11.7 Å². The lowest BCUT2D eigenvalue weighted by Crippen LogP contribution is -2.10. The second-order valence-corrected chi connectivity index (χ2v) is 3.77. The van der Waals surface area contributed by atoms with Crippen molar-refractivity contribution in [2.75, 3.05) is 5.32 Å². The van der Waals surface area contributed by atoms with Crippen LogP contribution in [0, 0.1) is 5.82 Å². The van der Waals surface area contributed by atoms with E-state index in [0.29, 0.717) is 11.3 Å². The molecule has 1 aliphatic heterocycles. The zero-order valence-electron chi connectivity index (χ0n) is 9.51. The number of fused-ring (bicyclic) bond motifs is 1. The smallest absolute Gasteiger partial charge is 0.257 e. The zero-order valence-corrected chi connectivity index (χ0v) is 9.51. The molecule has 18 heavy (non-hydrogen) atoms. The summed E-state index contributed by atoms with van der Waals surface area (Å²) >= 11 is 0. The van der Waals surface area contributed by atoms with Crippen LogP contribution in [0.15, 0.2) is 54.6 Å². The maximum atomic E-state index is 11.9. The maximum Gasteiger partial charge on any atom is 0.257 e. The van der Waals surface area contributed by atoms with E-state index in [1.807, 2.05) is 6.07 Å². The Morgan fingerprint density at radius 1 is 1.00 bits per heavy atom. The van der Waals surface area contributed by atoms with Gasteiger partial charge in [0, 0.05) is 11.3 Å². The third kappa shape index (κ3) is 2.73. The Labute approximate surface area is 104 Å². The average Bonchev–Trinajstić information content (AvgIpc) is 2.68. The number of hydrogen-bond acceptors (Lipinski definition) is 2. The number of benzene rings is 2. The number of amides is 1. The van der Waals surface area contributed by atoms with Gasteiger partial charge in [0.25, 0.3) is 5.91 Å². The third-order valence-electron chi connectivity index (χ3n) is 2.49. The lowest BCUT2D eigenvalue weighted by molar-refractivity contribution is -0.123. The van der Waals surface area contributed by atoms with E-state index in [2.05, 4.69) is 5.32 Å². The Balaban J connectivity index is 0.000000149. The monoisotopic (exact) mass is 245 g/mol. The van der Waals surface area contributed by atoms with Crippen LogP contribution in [-0.4, -0.2) is 11.0 Å². The molecular formula is C14H12FNO2. The molecule has 92 valence electrons. The van der Waals surface area contributed by atoms with E-state index in [1.165, 1.54) is 12.1 Å². The van der Waals surface area contributed by atoms with Gasteiger partial charge in [0.2, 0.25) is 0 Å². The van der Waals surface area contributed by atoms with Crippen LogP contribution < -0.4 is 5.32 Å². The van der Waals surface area contributed by atoms with E-state index in [9.17, 15) is 14.3 Å². The number of halogens is 1. The van der Waals surface area contributed by atoms with Gasteiger partial charge in [0.05, 0.1) is 0 Å². The normalized spacial score (nSPS) is 16.3. The Bertz CT molecular complexity index is 543. The molecule has 0 bridgehead atoms. The highest BCUT2D eigenvalue weighted by molar-refractivity contribution is 6.01. The molecule has 0 aromatic heterocycles. The summed E-state index contributed by atoms with van der Waals surface area (Å²) in [5.74, 6) is -0.520. The van der Waals surface area contributed by atoms with Gasteiger partial charge in [-0.3, -0.25) is 4.79 Å². The summed E-state index contributed by atoms with van der Waals surface area (Å²) in [6, 6.07) is 15.1. The minimum atomic E-state index is -0.980. The molecule has 0 radical (unpaired) electrons. The second-order valence-electron chi connectivity index (χ2n) is 3.77. The molecule has 0 saturated carbocycles. The molecule has 1 aliphatic rings. The van der Waals surface area contributed by atoms with Gasteiger partial charge >= 0.3 is 0 Å². The summed E-state index contributed by atoms with van der Waals surface area (Å²) in [5.41, 5.74) is 1.38. The SMILES string of the molecule is Fc1ccccc1.O=C1Nc2ccccc2C1O. The number of aliphatic hydroxyl groups excluding tert-OH is 1. The number of carbonyl (C=O) groups is 1. The van der Waals surface area contributed by atoms with Gasteiger partial charge in [0.15, 0.2) is 6.10 Å². The second kappa shape index (κ2) is 5.42. The highest BCUT2D eigenvalue weighted by atomic mass is 19.1. The van der Waals surface area contributed by atoms with Crippen molar-refractivity contribution in [1.29, 1.82) is 0 Å². The number of rotatable bonds is 0. The zero-order chi connectivity index (χ0) is 13.0. The third-order valence-corrected chi connectivity index (χ3v) is 2.49. The van der Waals surface area contributed by atoms with Crippen LogP contribution in [0.25, 0.3) is 0 Å². The van der Waals surface area contributed by atoms with E-state index in [0.717, 1.165) is 0 Å². The van der Waals surface area contributed by atoms with E-state index in [1.54, 1.807) is 36.4 Å². The fourth-order valence-corrected chi connectivity index (χ4v) is 1.61. The van der Waals surface area contributed by atoms with Crippen LogP contribution in [0.2, 0.25) is 0 Å². The average molecular weight is 245 g/mol. The number of para-hydroxylation sites is 1. The van der Waals surface area contributed by atoms with Crippen molar-refractivity contribution < 1.29 is 14.3 Å². The maximum absolute atomic E-state index is 11.9. The first-order valence-corrected chi connectivity index (χ1v) is 5.47.